The van der Waals surface area contributed by atoms with Gasteiger partial charge in [-0.15, -0.1) is 0 Å². The van der Waals surface area contributed by atoms with Crippen LogP contribution in [-0.4, -0.2) is 0 Å². The van der Waals surface area contributed by atoms with Crippen molar-refractivity contribution in [2.75, 3.05) is 0 Å². The molecule has 0 heterocycles. The number of halogens is 4. The first-order valence-electron chi connectivity index (χ1n) is 6.51. The van der Waals surface area contributed by atoms with Crippen molar-refractivity contribution >= 4 is 15.9 Å². The second-order valence-corrected chi connectivity index (χ2v) is 5.77. The molecule has 0 aliphatic rings. The van der Waals surface area contributed by atoms with Crippen LogP contribution in [0.1, 0.15) is 29.7 Å². The standard InChI is InChI=1S/C16H15BrF3N/c1-11(13-3-2-4-15(17)9-13)21-10-12-5-7-14(8-6-12)16(18,19)20/h2-9,11,21H,10H2,1H3. The summed E-state index contributed by atoms with van der Waals surface area (Å²) in [5.74, 6) is 0. The Morgan fingerprint density at radius 2 is 1.76 bits per heavy atom. The quantitative estimate of drug-likeness (QED) is 0.780. The Labute approximate surface area is 130 Å². The summed E-state index contributed by atoms with van der Waals surface area (Å²) in [4.78, 5) is 0. The first-order chi connectivity index (χ1) is 9.86. The molecule has 21 heavy (non-hydrogen) atoms. The molecule has 0 radical (unpaired) electrons. The average Bonchev–Trinajstić information content (AvgIpc) is 2.44. The number of nitrogens with one attached hydrogen (secondary N) is 1. The van der Waals surface area contributed by atoms with Crippen LogP contribution < -0.4 is 5.32 Å². The topological polar surface area (TPSA) is 12.0 Å². The van der Waals surface area contributed by atoms with Gasteiger partial charge in [0.05, 0.1) is 5.56 Å². The van der Waals surface area contributed by atoms with E-state index >= 15 is 0 Å². The third-order valence-corrected chi connectivity index (χ3v) is 3.74. The molecule has 0 saturated heterocycles. The van der Waals surface area contributed by atoms with Crippen molar-refractivity contribution in [3.63, 3.8) is 0 Å². The van der Waals surface area contributed by atoms with E-state index in [4.69, 9.17) is 0 Å². The van der Waals surface area contributed by atoms with E-state index in [-0.39, 0.29) is 6.04 Å². The number of alkyl halides is 3. The monoisotopic (exact) mass is 357 g/mol. The highest BCUT2D eigenvalue weighted by Gasteiger charge is 2.29. The molecule has 1 N–H and O–H groups in total. The van der Waals surface area contributed by atoms with E-state index in [1.54, 1.807) is 0 Å². The molecule has 0 aromatic heterocycles. The van der Waals surface area contributed by atoms with E-state index in [1.807, 2.05) is 31.2 Å². The molecule has 2 aromatic rings. The lowest BCUT2D eigenvalue weighted by atomic mass is 10.1. The minimum absolute atomic E-state index is 0.116. The van der Waals surface area contributed by atoms with E-state index in [2.05, 4.69) is 21.2 Å². The van der Waals surface area contributed by atoms with Gasteiger partial charge in [0, 0.05) is 17.1 Å². The third kappa shape index (κ3) is 4.58. The molecule has 1 atom stereocenters. The van der Waals surface area contributed by atoms with Crippen LogP contribution in [0.15, 0.2) is 53.0 Å². The highest BCUT2D eigenvalue weighted by molar-refractivity contribution is 9.10. The third-order valence-electron chi connectivity index (χ3n) is 3.24. The van der Waals surface area contributed by atoms with E-state index in [0.29, 0.717) is 6.54 Å². The van der Waals surface area contributed by atoms with Crippen LogP contribution in [0, 0.1) is 0 Å². The lowest BCUT2D eigenvalue weighted by Crippen LogP contribution is -2.18. The number of hydrogen-bond acceptors (Lipinski definition) is 1. The van der Waals surface area contributed by atoms with E-state index in [1.165, 1.54) is 12.1 Å². The SMILES string of the molecule is CC(NCc1ccc(C(F)(F)F)cc1)c1cccc(Br)c1. The molecule has 0 amide bonds. The molecule has 1 unspecified atom stereocenters. The number of rotatable bonds is 4. The van der Waals surface area contributed by atoms with Gasteiger partial charge in [-0.25, -0.2) is 0 Å². The maximum Gasteiger partial charge on any atom is 0.416 e. The highest BCUT2D eigenvalue weighted by Crippen LogP contribution is 2.29. The molecule has 1 nitrogen and oxygen atoms in total. The van der Waals surface area contributed by atoms with E-state index in [0.717, 1.165) is 27.7 Å². The van der Waals surface area contributed by atoms with Crippen molar-refractivity contribution in [1.82, 2.24) is 5.32 Å². The smallest absolute Gasteiger partial charge is 0.306 e. The number of benzene rings is 2. The first-order valence-corrected chi connectivity index (χ1v) is 7.30. The Balaban J connectivity index is 1.97. The minimum atomic E-state index is -4.28. The van der Waals surface area contributed by atoms with Gasteiger partial charge in [-0.3, -0.25) is 0 Å². The lowest BCUT2D eigenvalue weighted by molar-refractivity contribution is -0.137. The predicted octanol–water partition coefficient (Wildman–Crippen LogP) is 5.32. The van der Waals surface area contributed by atoms with Gasteiger partial charge in [0.1, 0.15) is 0 Å². The Morgan fingerprint density at radius 1 is 1.10 bits per heavy atom. The molecule has 0 saturated carbocycles. The van der Waals surface area contributed by atoms with Gasteiger partial charge in [0.15, 0.2) is 0 Å². The summed E-state index contributed by atoms with van der Waals surface area (Å²) < 4.78 is 38.4. The van der Waals surface area contributed by atoms with Gasteiger partial charge >= 0.3 is 6.18 Å². The normalized spacial score (nSPS) is 13.2. The maximum absolute atomic E-state index is 12.5. The Kier molecular flexibility index (Phi) is 5.06. The summed E-state index contributed by atoms with van der Waals surface area (Å²) in [6, 6.07) is 13.3. The fraction of sp³-hybridized carbons (Fsp3) is 0.250. The van der Waals surface area contributed by atoms with Gasteiger partial charge in [0.2, 0.25) is 0 Å². The molecule has 0 aliphatic heterocycles. The molecule has 5 heteroatoms. The molecule has 0 fully saturated rings. The molecule has 0 aliphatic carbocycles. The summed E-state index contributed by atoms with van der Waals surface area (Å²) >= 11 is 3.42. The van der Waals surface area contributed by atoms with Gasteiger partial charge in [0.25, 0.3) is 0 Å². The molecule has 2 rings (SSSR count). The zero-order valence-electron chi connectivity index (χ0n) is 11.4. The zero-order valence-corrected chi connectivity index (χ0v) is 13.0. The predicted molar refractivity (Wildman–Crippen MR) is 80.8 cm³/mol. The molecule has 112 valence electrons. The maximum atomic E-state index is 12.5. The van der Waals surface area contributed by atoms with Crippen LogP contribution in [0.3, 0.4) is 0 Å². The highest BCUT2D eigenvalue weighted by atomic mass is 79.9. The molecule has 0 bridgehead atoms. The summed E-state index contributed by atoms with van der Waals surface area (Å²) in [6.07, 6.45) is -4.28. The Morgan fingerprint density at radius 3 is 2.33 bits per heavy atom. The molecular formula is C16H15BrF3N. The van der Waals surface area contributed by atoms with Crippen molar-refractivity contribution in [3.8, 4) is 0 Å². The second kappa shape index (κ2) is 6.62. The van der Waals surface area contributed by atoms with E-state index in [9.17, 15) is 13.2 Å². The van der Waals surface area contributed by atoms with Crippen molar-refractivity contribution < 1.29 is 13.2 Å². The summed E-state index contributed by atoms with van der Waals surface area (Å²) in [5.41, 5.74) is 1.33. The van der Waals surface area contributed by atoms with Gasteiger partial charge in [-0.05, 0) is 42.3 Å². The van der Waals surface area contributed by atoms with Gasteiger partial charge in [-0.2, -0.15) is 13.2 Å². The van der Waals surface area contributed by atoms with Crippen LogP contribution in [0.25, 0.3) is 0 Å². The number of hydrogen-bond donors (Lipinski definition) is 1. The first kappa shape index (κ1) is 16.0. The summed E-state index contributed by atoms with van der Waals surface area (Å²) in [7, 11) is 0. The van der Waals surface area contributed by atoms with Gasteiger partial charge < -0.3 is 5.32 Å². The van der Waals surface area contributed by atoms with Crippen LogP contribution in [0.4, 0.5) is 13.2 Å². The Hall–Kier alpha value is -1.33. The fourth-order valence-electron chi connectivity index (χ4n) is 1.98. The van der Waals surface area contributed by atoms with Crippen molar-refractivity contribution in [2.45, 2.75) is 25.7 Å². The lowest BCUT2D eigenvalue weighted by Gasteiger charge is -2.15. The van der Waals surface area contributed by atoms with Crippen molar-refractivity contribution in [2.24, 2.45) is 0 Å². The molecule has 0 spiro atoms. The fourth-order valence-corrected chi connectivity index (χ4v) is 2.39. The molecule has 2 aromatic carbocycles. The van der Waals surface area contributed by atoms with Crippen molar-refractivity contribution in [3.05, 3.63) is 69.7 Å². The minimum Gasteiger partial charge on any atom is -0.306 e. The van der Waals surface area contributed by atoms with Crippen LogP contribution in [-0.2, 0) is 12.7 Å². The average molecular weight is 358 g/mol. The largest absolute Gasteiger partial charge is 0.416 e. The Bertz CT molecular complexity index is 593. The van der Waals surface area contributed by atoms with Crippen molar-refractivity contribution in [1.29, 1.82) is 0 Å². The van der Waals surface area contributed by atoms with E-state index < -0.39 is 11.7 Å². The van der Waals surface area contributed by atoms with Crippen LogP contribution in [0.2, 0.25) is 0 Å². The summed E-state index contributed by atoms with van der Waals surface area (Å²) in [6.45, 7) is 2.54. The molecular weight excluding hydrogens is 343 g/mol. The van der Waals surface area contributed by atoms with Crippen LogP contribution in [0.5, 0.6) is 0 Å². The zero-order chi connectivity index (χ0) is 15.5. The summed E-state index contributed by atoms with van der Waals surface area (Å²) in [5, 5.41) is 3.30. The van der Waals surface area contributed by atoms with Crippen LogP contribution >= 0.6 is 15.9 Å². The van der Waals surface area contributed by atoms with Gasteiger partial charge in [-0.1, -0.05) is 40.2 Å². The second-order valence-electron chi connectivity index (χ2n) is 4.85.